The Morgan fingerprint density at radius 2 is 1.69 bits per heavy atom. The summed E-state index contributed by atoms with van der Waals surface area (Å²) in [5.74, 6) is 0.853. The molecule has 0 saturated carbocycles. The van der Waals surface area contributed by atoms with Crippen molar-refractivity contribution in [2.24, 2.45) is 5.10 Å². The van der Waals surface area contributed by atoms with Crippen LogP contribution in [0.15, 0.2) is 84.1 Å². The second kappa shape index (κ2) is 8.84. The van der Waals surface area contributed by atoms with E-state index in [1.54, 1.807) is 7.11 Å². The third kappa shape index (κ3) is 4.28. The molecule has 1 aromatic heterocycles. The van der Waals surface area contributed by atoms with Crippen LogP contribution < -0.4 is 10.2 Å². The summed E-state index contributed by atoms with van der Waals surface area (Å²) >= 11 is 6.36. The number of rotatable bonds is 7. The normalized spacial score (nSPS) is 11.2. The molecule has 0 aliphatic heterocycles. The summed E-state index contributed by atoms with van der Waals surface area (Å²) in [6.45, 7) is 1.31. The van der Waals surface area contributed by atoms with Gasteiger partial charge in [0.2, 0.25) is 0 Å². The van der Waals surface area contributed by atoms with Gasteiger partial charge in [0.25, 0.3) is 0 Å². The number of nitrogens with zero attached hydrogens (tertiary/aromatic N) is 2. The van der Waals surface area contributed by atoms with Crippen molar-refractivity contribution in [3.8, 4) is 5.75 Å². The van der Waals surface area contributed by atoms with Crippen molar-refractivity contribution in [3.63, 3.8) is 0 Å². The van der Waals surface area contributed by atoms with Gasteiger partial charge >= 0.3 is 0 Å². The number of nitrogens with one attached hydrogen (secondary N) is 1. The highest BCUT2D eigenvalue weighted by Gasteiger charge is 2.08. The van der Waals surface area contributed by atoms with Crippen LogP contribution in [0, 0.1) is 0 Å². The number of hydrogen-bond acceptors (Lipinski definition) is 3. The molecule has 0 amide bonds. The standard InChI is InChI=1S/C24H22ClN3O/c1-29-24-13-7-3-8-18(24)14-26-27-15-20-17-28(23-12-6-4-10-21(20)23)16-19-9-2-5-11-22(19)25/h2-13,15,17,26H,14,16H2,1H3/b27-15+. The number of aromatic nitrogens is 1. The molecule has 0 bridgehead atoms. The van der Waals surface area contributed by atoms with Gasteiger partial charge in [0.05, 0.1) is 19.9 Å². The predicted octanol–water partition coefficient (Wildman–Crippen LogP) is 5.48. The average Bonchev–Trinajstić information content (AvgIpc) is 3.11. The van der Waals surface area contributed by atoms with Crippen LogP contribution in [0.3, 0.4) is 0 Å². The van der Waals surface area contributed by atoms with Crippen molar-refractivity contribution < 1.29 is 4.74 Å². The van der Waals surface area contributed by atoms with Crippen LogP contribution in [0.4, 0.5) is 0 Å². The lowest BCUT2D eigenvalue weighted by molar-refractivity contribution is 0.408. The fourth-order valence-electron chi connectivity index (χ4n) is 3.41. The zero-order valence-electron chi connectivity index (χ0n) is 16.2. The zero-order valence-corrected chi connectivity index (χ0v) is 16.9. The van der Waals surface area contributed by atoms with E-state index in [-0.39, 0.29) is 0 Å². The van der Waals surface area contributed by atoms with Gasteiger partial charge in [-0.1, -0.05) is 66.2 Å². The molecule has 4 nitrogen and oxygen atoms in total. The van der Waals surface area contributed by atoms with E-state index in [9.17, 15) is 0 Å². The average molecular weight is 404 g/mol. The zero-order chi connectivity index (χ0) is 20.1. The van der Waals surface area contributed by atoms with E-state index in [2.05, 4.69) is 39.5 Å². The number of methoxy groups -OCH3 is 1. The van der Waals surface area contributed by atoms with Crippen LogP contribution in [0.2, 0.25) is 5.02 Å². The summed E-state index contributed by atoms with van der Waals surface area (Å²) in [4.78, 5) is 0. The Morgan fingerprint density at radius 3 is 2.52 bits per heavy atom. The first kappa shape index (κ1) is 19.1. The lowest BCUT2D eigenvalue weighted by Gasteiger charge is -2.07. The Labute approximate surface area is 175 Å². The van der Waals surface area contributed by atoms with E-state index < -0.39 is 0 Å². The van der Waals surface area contributed by atoms with Crippen LogP contribution in [-0.4, -0.2) is 17.9 Å². The lowest BCUT2D eigenvalue weighted by atomic mass is 10.2. The molecule has 1 heterocycles. The Balaban J connectivity index is 1.55. The summed E-state index contributed by atoms with van der Waals surface area (Å²) < 4.78 is 7.59. The highest BCUT2D eigenvalue weighted by Crippen LogP contribution is 2.23. The predicted molar refractivity (Wildman–Crippen MR) is 120 cm³/mol. The summed E-state index contributed by atoms with van der Waals surface area (Å²) in [5, 5.41) is 6.36. The Kier molecular flexibility index (Phi) is 5.82. The molecular weight excluding hydrogens is 382 g/mol. The highest BCUT2D eigenvalue weighted by molar-refractivity contribution is 6.31. The van der Waals surface area contributed by atoms with Crippen LogP contribution in [0.25, 0.3) is 10.9 Å². The minimum atomic E-state index is 0.596. The molecule has 4 rings (SSSR count). The quantitative estimate of drug-likeness (QED) is 0.328. The summed E-state index contributed by atoms with van der Waals surface area (Å²) in [7, 11) is 1.68. The van der Waals surface area contributed by atoms with Gasteiger partial charge in [-0.05, 0) is 23.8 Å². The maximum absolute atomic E-state index is 6.36. The molecule has 0 aliphatic rings. The number of para-hydroxylation sites is 2. The third-order valence-electron chi connectivity index (χ3n) is 4.87. The van der Waals surface area contributed by atoms with Gasteiger partial charge in [-0.3, -0.25) is 0 Å². The Morgan fingerprint density at radius 1 is 0.966 bits per heavy atom. The van der Waals surface area contributed by atoms with Crippen molar-refractivity contribution in [2.45, 2.75) is 13.1 Å². The van der Waals surface area contributed by atoms with Crippen molar-refractivity contribution in [2.75, 3.05) is 7.11 Å². The van der Waals surface area contributed by atoms with Crippen LogP contribution in [0.1, 0.15) is 16.7 Å². The molecule has 0 spiro atoms. The number of ether oxygens (including phenoxy) is 1. The lowest BCUT2D eigenvalue weighted by Crippen LogP contribution is -2.06. The molecule has 0 radical (unpaired) electrons. The van der Waals surface area contributed by atoms with Crippen molar-refractivity contribution >= 4 is 28.7 Å². The number of halogens is 1. The summed E-state index contributed by atoms with van der Waals surface area (Å²) in [5.41, 5.74) is 7.48. The molecule has 1 N–H and O–H groups in total. The Bertz CT molecular complexity index is 1150. The monoisotopic (exact) mass is 403 g/mol. The number of fused-ring (bicyclic) bond motifs is 1. The molecule has 4 aromatic rings. The summed E-state index contributed by atoms with van der Waals surface area (Å²) in [6.07, 6.45) is 3.98. The third-order valence-corrected chi connectivity index (χ3v) is 5.24. The van der Waals surface area contributed by atoms with Crippen LogP contribution >= 0.6 is 11.6 Å². The van der Waals surface area contributed by atoms with Crippen molar-refractivity contribution in [3.05, 3.63) is 101 Å². The van der Waals surface area contributed by atoms with E-state index in [0.29, 0.717) is 13.1 Å². The van der Waals surface area contributed by atoms with Gasteiger partial charge in [-0.25, -0.2) is 0 Å². The molecule has 0 aliphatic carbocycles. The molecule has 29 heavy (non-hydrogen) atoms. The minimum Gasteiger partial charge on any atom is -0.496 e. The highest BCUT2D eigenvalue weighted by atomic mass is 35.5. The first-order chi connectivity index (χ1) is 14.3. The molecule has 3 aromatic carbocycles. The number of benzene rings is 3. The van der Waals surface area contributed by atoms with E-state index in [0.717, 1.165) is 38.4 Å². The van der Waals surface area contributed by atoms with Crippen LogP contribution in [0.5, 0.6) is 5.75 Å². The fraction of sp³-hybridized carbons (Fsp3) is 0.125. The van der Waals surface area contributed by atoms with Gasteiger partial charge in [-0.2, -0.15) is 5.10 Å². The van der Waals surface area contributed by atoms with Crippen molar-refractivity contribution in [1.82, 2.24) is 9.99 Å². The Hall–Kier alpha value is -3.24. The second-order valence-electron chi connectivity index (χ2n) is 6.73. The van der Waals surface area contributed by atoms with Crippen LogP contribution in [-0.2, 0) is 13.1 Å². The number of hydrogen-bond donors (Lipinski definition) is 1. The van der Waals surface area contributed by atoms with E-state index in [4.69, 9.17) is 16.3 Å². The molecular formula is C24H22ClN3O. The maximum atomic E-state index is 6.36. The second-order valence-corrected chi connectivity index (χ2v) is 7.13. The van der Waals surface area contributed by atoms with Gasteiger partial charge in [0.1, 0.15) is 5.75 Å². The molecule has 0 fully saturated rings. The molecule has 5 heteroatoms. The van der Waals surface area contributed by atoms with Gasteiger partial charge in [0, 0.05) is 39.8 Å². The van der Waals surface area contributed by atoms with Gasteiger partial charge in [-0.15, -0.1) is 0 Å². The smallest absolute Gasteiger partial charge is 0.123 e. The molecule has 0 saturated heterocycles. The topological polar surface area (TPSA) is 38.5 Å². The SMILES string of the molecule is COc1ccccc1CN/N=C/c1cn(Cc2ccccc2Cl)c2ccccc12. The molecule has 146 valence electrons. The molecule has 0 unspecified atom stereocenters. The van der Waals surface area contributed by atoms with E-state index in [1.165, 1.54) is 0 Å². The van der Waals surface area contributed by atoms with Gasteiger partial charge in [0.15, 0.2) is 0 Å². The first-order valence-electron chi connectivity index (χ1n) is 9.45. The fourth-order valence-corrected chi connectivity index (χ4v) is 3.61. The van der Waals surface area contributed by atoms with E-state index in [1.807, 2.05) is 60.8 Å². The van der Waals surface area contributed by atoms with Gasteiger partial charge < -0.3 is 14.7 Å². The maximum Gasteiger partial charge on any atom is 0.123 e. The largest absolute Gasteiger partial charge is 0.496 e. The molecule has 0 atom stereocenters. The number of hydrazone groups is 1. The minimum absolute atomic E-state index is 0.596. The first-order valence-corrected chi connectivity index (χ1v) is 9.83. The summed E-state index contributed by atoms with van der Waals surface area (Å²) in [6, 6.07) is 24.2. The van der Waals surface area contributed by atoms with Crippen molar-refractivity contribution in [1.29, 1.82) is 0 Å². The van der Waals surface area contributed by atoms with E-state index >= 15 is 0 Å².